The van der Waals surface area contributed by atoms with Gasteiger partial charge in [-0.2, -0.15) is 5.10 Å². The number of benzene rings is 2. The van der Waals surface area contributed by atoms with Crippen molar-refractivity contribution in [1.29, 1.82) is 0 Å². The summed E-state index contributed by atoms with van der Waals surface area (Å²) in [5.41, 5.74) is 1.52. The molecule has 0 saturated carbocycles. The zero-order valence-corrected chi connectivity index (χ0v) is 16.6. The first-order valence-corrected chi connectivity index (χ1v) is 9.37. The van der Waals surface area contributed by atoms with Crippen LogP contribution in [0.25, 0.3) is 5.69 Å². The van der Waals surface area contributed by atoms with Crippen LogP contribution in [0.15, 0.2) is 47.4 Å². The van der Waals surface area contributed by atoms with Crippen molar-refractivity contribution in [1.82, 2.24) is 9.78 Å². The van der Waals surface area contributed by atoms with E-state index in [1.165, 1.54) is 4.68 Å². The predicted octanol–water partition coefficient (Wildman–Crippen LogP) is 6.73. The van der Waals surface area contributed by atoms with Crippen molar-refractivity contribution in [3.8, 4) is 5.69 Å². The highest BCUT2D eigenvalue weighted by Crippen LogP contribution is 2.33. The number of hydrogen-bond donors (Lipinski definition) is 0. The lowest BCUT2D eigenvalue weighted by molar-refractivity contribution is 0.108. The summed E-state index contributed by atoms with van der Waals surface area (Å²) < 4.78 is 1.54. The Morgan fingerprint density at radius 1 is 0.960 bits per heavy atom. The second-order valence-electron chi connectivity index (χ2n) is 5.14. The molecule has 0 spiro atoms. The van der Waals surface area contributed by atoms with Crippen LogP contribution in [0.4, 0.5) is 0 Å². The van der Waals surface area contributed by atoms with E-state index in [0.717, 1.165) is 22.4 Å². The zero-order chi connectivity index (χ0) is 18.1. The third-order valence-corrected chi connectivity index (χ3v) is 5.26. The van der Waals surface area contributed by atoms with E-state index >= 15 is 0 Å². The number of rotatable bonds is 3. The van der Waals surface area contributed by atoms with Gasteiger partial charge in [-0.15, -0.1) is 0 Å². The highest BCUT2D eigenvalue weighted by Gasteiger charge is 2.18. The summed E-state index contributed by atoms with van der Waals surface area (Å²) in [7, 11) is 0. The van der Waals surface area contributed by atoms with Gasteiger partial charge in [0.1, 0.15) is 11.4 Å². The lowest BCUT2D eigenvalue weighted by Gasteiger charge is -2.09. The van der Waals surface area contributed by atoms with Crippen molar-refractivity contribution in [3.05, 3.63) is 73.9 Å². The van der Waals surface area contributed by atoms with E-state index in [4.69, 9.17) is 46.4 Å². The van der Waals surface area contributed by atoms with E-state index in [1.807, 2.05) is 6.92 Å². The van der Waals surface area contributed by atoms with Crippen molar-refractivity contribution in [2.75, 3.05) is 0 Å². The first-order valence-electron chi connectivity index (χ1n) is 7.04. The summed E-state index contributed by atoms with van der Waals surface area (Å²) >= 11 is 25.4. The second kappa shape index (κ2) is 7.60. The van der Waals surface area contributed by atoms with Crippen LogP contribution in [0.3, 0.4) is 0 Å². The Morgan fingerprint density at radius 3 is 2.16 bits per heavy atom. The van der Waals surface area contributed by atoms with Gasteiger partial charge in [-0.05, 0) is 61.2 Å². The number of halogens is 4. The monoisotopic (exact) mass is 430 g/mol. The summed E-state index contributed by atoms with van der Waals surface area (Å²) in [6.07, 6.45) is 0. The van der Waals surface area contributed by atoms with E-state index in [0.29, 0.717) is 31.5 Å². The molecule has 0 fully saturated rings. The Hall–Kier alpha value is -1.17. The van der Waals surface area contributed by atoms with E-state index < -0.39 is 0 Å². The maximum absolute atomic E-state index is 12.5. The van der Waals surface area contributed by atoms with Gasteiger partial charge in [0, 0.05) is 20.6 Å². The maximum Gasteiger partial charge on any atom is 0.244 e. The van der Waals surface area contributed by atoms with Crippen LogP contribution in [0.2, 0.25) is 20.1 Å². The minimum absolute atomic E-state index is 0.189. The molecule has 3 nitrogen and oxygen atoms in total. The molecule has 0 atom stereocenters. The molecule has 25 heavy (non-hydrogen) atoms. The van der Waals surface area contributed by atoms with Crippen LogP contribution in [-0.4, -0.2) is 14.9 Å². The topological polar surface area (TPSA) is 34.9 Å². The number of hydrogen-bond acceptors (Lipinski definition) is 3. The van der Waals surface area contributed by atoms with Gasteiger partial charge >= 0.3 is 0 Å². The van der Waals surface area contributed by atoms with Gasteiger partial charge in [0.2, 0.25) is 5.12 Å². The molecule has 0 N–H and O–H groups in total. The molecule has 0 saturated heterocycles. The summed E-state index contributed by atoms with van der Waals surface area (Å²) in [6, 6.07) is 11.9. The fourth-order valence-electron chi connectivity index (χ4n) is 2.20. The van der Waals surface area contributed by atoms with E-state index in [1.54, 1.807) is 42.5 Å². The molecule has 0 bridgehead atoms. The molecule has 8 heteroatoms. The van der Waals surface area contributed by atoms with E-state index in [9.17, 15) is 4.79 Å². The summed E-state index contributed by atoms with van der Waals surface area (Å²) in [6.45, 7) is 1.82. The number of thioether (sulfide) groups is 1. The van der Waals surface area contributed by atoms with Gasteiger partial charge in [-0.1, -0.05) is 46.4 Å². The summed E-state index contributed by atoms with van der Waals surface area (Å²) in [5.74, 6) is 0. The Bertz CT molecular complexity index is 931. The third-order valence-electron chi connectivity index (χ3n) is 3.31. The molecule has 0 radical (unpaired) electrons. The maximum atomic E-state index is 12.5. The molecule has 3 rings (SSSR count). The number of aromatic nitrogens is 2. The van der Waals surface area contributed by atoms with Crippen molar-refractivity contribution in [3.63, 3.8) is 0 Å². The Balaban J connectivity index is 1.92. The smallest absolute Gasteiger partial charge is 0.244 e. The molecular formula is C17H10Cl4N2OS. The Kier molecular flexibility index (Phi) is 5.66. The van der Waals surface area contributed by atoms with Crippen molar-refractivity contribution >= 4 is 63.3 Å². The van der Waals surface area contributed by atoms with Gasteiger partial charge in [-0.3, -0.25) is 4.79 Å². The largest absolute Gasteiger partial charge is 0.279 e. The molecule has 0 amide bonds. The van der Waals surface area contributed by atoms with Crippen molar-refractivity contribution in [2.24, 2.45) is 0 Å². The molecule has 3 aromatic rings. The van der Waals surface area contributed by atoms with E-state index in [2.05, 4.69) is 5.10 Å². The van der Waals surface area contributed by atoms with Gasteiger partial charge in [0.15, 0.2) is 0 Å². The van der Waals surface area contributed by atoms with Crippen LogP contribution in [0.1, 0.15) is 16.2 Å². The first kappa shape index (κ1) is 18.6. The standard InChI is InChI=1S/C17H10Cl4N2OS/c1-9-6-15(17(24)25-12-4-2-10(18)3-5-12)22-23(9)16-13(20)7-11(19)8-14(16)21/h2-8H,1H3. The minimum Gasteiger partial charge on any atom is -0.279 e. The van der Waals surface area contributed by atoms with Crippen molar-refractivity contribution in [2.45, 2.75) is 11.8 Å². The molecule has 0 aliphatic heterocycles. The fraction of sp³-hybridized carbons (Fsp3) is 0.0588. The molecule has 1 aromatic heterocycles. The SMILES string of the molecule is Cc1cc(C(=O)Sc2ccc(Cl)cc2)nn1-c1c(Cl)cc(Cl)cc1Cl. The minimum atomic E-state index is -0.189. The fourth-order valence-corrected chi connectivity index (χ4v) is 3.99. The van der Waals surface area contributed by atoms with Crippen LogP contribution >= 0.6 is 58.2 Å². The molecule has 2 aromatic carbocycles. The van der Waals surface area contributed by atoms with Crippen LogP contribution in [-0.2, 0) is 0 Å². The first-order chi connectivity index (χ1) is 11.8. The van der Waals surface area contributed by atoms with Crippen LogP contribution in [0.5, 0.6) is 0 Å². The molecule has 1 heterocycles. The molecular weight excluding hydrogens is 422 g/mol. The van der Waals surface area contributed by atoms with Crippen LogP contribution < -0.4 is 0 Å². The van der Waals surface area contributed by atoms with Crippen LogP contribution in [0, 0.1) is 6.92 Å². The van der Waals surface area contributed by atoms with Crippen molar-refractivity contribution < 1.29 is 4.79 Å². The molecule has 0 unspecified atom stereocenters. The Labute approximate surface area is 168 Å². The number of nitrogens with zero attached hydrogens (tertiary/aromatic N) is 2. The highest BCUT2D eigenvalue weighted by atomic mass is 35.5. The third kappa shape index (κ3) is 4.15. The zero-order valence-electron chi connectivity index (χ0n) is 12.8. The molecule has 0 aliphatic rings. The lowest BCUT2D eigenvalue weighted by Crippen LogP contribution is -2.03. The molecule has 128 valence electrons. The van der Waals surface area contributed by atoms with Gasteiger partial charge in [-0.25, -0.2) is 4.68 Å². The van der Waals surface area contributed by atoms with Gasteiger partial charge in [0.25, 0.3) is 0 Å². The Morgan fingerprint density at radius 2 is 1.56 bits per heavy atom. The number of aryl methyl sites for hydroxylation is 1. The summed E-state index contributed by atoms with van der Waals surface area (Å²) in [5, 5.41) is 5.92. The summed E-state index contributed by atoms with van der Waals surface area (Å²) in [4.78, 5) is 13.3. The van der Waals surface area contributed by atoms with Gasteiger partial charge in [0.05, 0.1) is 10.0 Å². The average molecular weight is 432 g/mol. The second-order valence-corrected chi connectivity index (χ2v) is 7.88. The highest BCUT2D eigenvalue weighted by molar-refractivity contribution is 8.14. The lowest BCUT2D eigenvalue weighted by atomic mass is 10.3. The number of carbonyl (C=O) groups is 1. The number of carbonyl (C=O) groups excluding carboxylic acids is 1. The normalized spacial score (nSPS) is 10.9. The molecule has 0 aliphatic carbocycles. The van der Waals surface area contributed by atoms with Gasteiger partial charge < -0.3 is 0 Å². The average Bonchev–Trinajstić information content (AvgIpc) is 2.90. The quantitative estimate of drug-likeness (QED) is 0.431. The predicted molar refractivity (Wildman–Crippen MR) is 105 cm³/mol. The van der Waals surface area contributed by atoms with E-state index in [-0.39, 0.29) is 5.12 Å².